The van der Waals surface area contributed by atoms with Gasteiger partial charge in [0.05, 0.1) is 30.7 Å². The molecule has 1 aliphatic heterocycles. The molecule has 4 aromatic carbocycles. The molecule has 0 bridgehead atoms. The monoisotopic (exact) mass is 470 g/mol. The van der Waals surface area contributed by atoms with Crippen LogP contribution in [0, 0.1) is 17.9 Å². The van der Waals surface area contributed by atoms with Crippen molar-refractivity contribution in [3.05, 3.63) is 96.3 Å². The molecule has 5 nitrogen and oxygen atoms in total. The van der Waals surface area contributed by atoms with Crippen LogP contribution in [0.1, 0.15) is 10.4 Å². The maximum absolute atomic E-state index is 14.1. The highest BCUT2D eigenvalue weighted by molar-refractivity contribution is 7.97. The Bertz CT molecular complexity index is 1360. The van der Waals surface area contributed by atoms with Crippen LogP contribution < -0.4 is 14.4 Å². The molecule has 0 aromatic heterocycles. The van der Waals surface area contributed by atoms with Crippen molar-refractivity contribution in [3.8, 4) is 28.0 Å². The number of hydrogen-bond acceptors (Lipinski definition) is 5. The van der Waals surface area contributed by atoms with Crippen molar-refractivity contribution >= 4 is 29.3 Å². The molecule has 0 amide bonds. The smallest absolute Gasteiger partial charge is 0.338 e. The molecule has 0 saturated carbocycles. The number of hydrogen-bond donors (Lipinski definition) is 2. The number of ether oxygens (including phenoxy) is 1. The Hall–Kier alpha value is -3.99. The molecule has 34 heavy (non-hydrogen) atoms. The maximum atomic E-state index is 14.1. The normalized spacial score (nSPS) is 12.6. The van der Waals surface area contributed by atoms with E-state index in [1.807, 2.05) is 48.5 Å². The Morgan fingerprint density at radius 1 is 1.06 bits per heavy atom. The molecule has 2 N–H and O–H groups in total. The van der Waals surface area contributed by atoms with Crippen molar-refractivity contribution in [2.24, 2.45) is 0 Å². The minimum atomic E-state index is -1.30. The standard InChI is InChI=1S/C27H19FN2O3S/c1-33-20-10-7-17(8-11-20)21-14-25-26(34-29-16-30(25)19-5-3-2-4-6-19)15-22(21)18-9-12-24(28)23(13-18)27(31)32/h3,5-15,29H,16H2,1H3,(H,31,32). The average molecular weight is 471 g/mol. The summed E-state index contributed by atoms with van der Waals surface area (Å²) in [5.74, 6) is -1.34. The van der Waals surface area contributed by atoms with E-state index >= 15 is 0 Å². The minimum absolute atomic E-state index is 0.362. The summed E-state index contributed by atoms with van der Waals surface area (Å²) in [4.78, 5) is 14.7. The van der Waals surface area contributed by atoms with E-state index in [0.717, 1.165) is 38.7 Å². The fourth-order valence-electron chi connectivity index (χ4n) is 3.96. The van der Waals surface area contributed by atoms with Crippen molar-refractivity contribution in [1.29, 1.82) is 0 Å². The third-order valence-electron chi connectivity index (χ3n) is 5.66. The maximum Gasteiger partial charge on any atom is 0.338 e. The number of nitrogens with one attached hydrogen (secondary N) is 1. The Morgan fingerprint density at radius 3 is 2.53 bits per heavy atom. The Kier molecular flexibility index (Phi) is 5.84. The zero-order chi connectivity index (χ0) is 23.7. The molecule has 0 aliphatic carbocycles. The molecule has 1 aliphatic rings. The van der Waals surface area contributed by atoms with Crippen LogP contribution in [-0.2, 0) is 0 Å². The second kappa shape index (κ2) is 9.10. The van der Waals surface area contributed by atoms with Gasteiger partial charge in [0.2, 0.25) is 0 Å². The molecular weight excluding hydrogens is 451 g/mol. The van der Waals surface area contributed by atoms with Crippen molar-refractivity contribution in [2.75, 3.05) is 18.7 Å². The van der Waals surface area contributed by atoms with Gasteiger partial charge >= 0.3 is 5.97 Å². The van der Waals surface area contributed by atoms with E-state index < -0.39 is 11.8 Å². The summed E-state index contributed by atoms with van der Waals surface area (Å²) >= 11 is 1.50. The number of rotatable bonds is 5. The highest BCUT2D eigenvalue weighted by Crippen LogP contribution is 2.44. The van der Waals surface area contributed by atoms with Gasteiger partial charge in [-0.1, -0.05) is 30.3 Å². The van der Waals surface area contributed by atoms with Crippen molar-refractivity contribution in [3.63, 3.8) is 0 Å². The van der Waals surface area contributed by atoms with Gasteiger partial charge in [-0.2, -0.15) is 0 Å². The molecule has 0 fully saturated rings. The van der Waals surface area contributed by atoms with Crippen molar-refractivity contribution in [2.45, 2.75) is 4.90 Å². The first-order chi connectivity index (χ1) is 16.5. The highest BCUT2D eigenvalue weighted by atomic mass is 32.2. The van der Waals surface area contributed by atoms with Crippen LogP contribution in [0.25, 0.3) is 22.3 Å². The number of halogens is 1. The lowest BCUT2D eigenvalue weighted by atomic mass is 9.92. The predicted octanol–water partition coefficient (Wildman–Crippen LogP) is 6.17. The van der Waals surface area contributed by atoms with Gasteiger partial charge in [-0.25, -0.2) is 13.9 Å². The number of benzene rings is 3. The minimum Gasteiger partial charge on any atom is -0.497 e. The lowest BCUT2D eigenvalue weighted by molar-refractivity contribution is 0.0692. The summed E-state index contributed by atoms with van der Waals surface area (Å²) in [5.41, 5.74) is 4.84. The third kappa shape index (κ3) is 4.05. The van der Waals surface area contributed by atoms with Crippen LogP contribution >= 0.6 is 11.9 Å². The van der Waals surface area contributed by atoms with Crippen molar-refractivity contribution < 1.29 is 19.0 Å². The molecule has 4 aromatic rings. The van der Waals surface area contributed by atoms with E-state index in [2.05, 4.69) is 27.8 Å². The summed E-state index contributed by atoms with van der Waals surface area (Å²) < 4.78 is 22.8. The molecule has 1 heterocycles. The molecule has 5 rings (SSSR count). The predicted molar refractivity (Wildman–Crippen MR) is 131 cm³/mol. The van der Waals surface area contributed by atoms with E-state index in [1.165, 1.54) is 24.1 Å². The van der Waals surface area contributed by atoms with Gasteiger partial charge in [0.25, 0.3) is 0 Å². The van der Waals surface area contributed by atoms with Gasteiger partial charge in [0.1, 0.15) is 11.6 Å². The molecule has 0 unspecified atom stereocenters. The SMILES string of the molecule is COc1ccc(-c2cc3c(cc2-c2ccc(F)c(C(=O)O)c2)SNCN3c2cc#ccc2)cc1. The number of nitrogens with zero attached hydrogens (tertiary/aromatic N) is 1. The van der Waals surface area contributed by atoms with Crippen LogP contribution in [-0.4, -0.2) is 24.9 Å². The van der Waals surface area contributed by atoms with Crippen LogP contribution in [0.4, 0.5) is 15.8 Å². The summed E-state index contributed by atoms with van der Waals surface area (Å²) in [6, 6.07) is 27.5. The largest absolute Gasteiger partial charge is 0.497 e. The van der Waals surface area contributed by atoms with E-state index in [0.29, 0.717) is 12.2 Å². The number of carboxylic acids is 1. The first-order valence-electron chi connectivity index (χ1n) is 10.5. The lowest BCUT2D eigenvalue weighted by Crippen LogP contribution is -2.30. The first-order valence-corrected chi connectivity index (χ1v) is 11.3. The van der Waals surface area contributed by atoms with E-state index in [4.69, 9.17) is 4.74 Å². The van der Waals surface area contributed by atoms with Crippen LogP contribution in [0.2, 0.25) is 0 Å². The van der Waals surface area contributed by atoms with Gasteiger partial charge < -0.3 is 14.7 Å². The molecule has 7 heteroatoms. The number of fused-ring (bicyclic) bond motifs is 1. The molecule has 0 atom stereocenters. The Morgan fingerprint density at radius 2 is 1.82 bits per heavy atom. The quantitative estimate of drug-likeness (QED) is 0.340. The fraction of sp³-hybridized carbons (Fsp3) is 0.0741. The molecule has 168 valence electrons. The number of anilines is 2. The summed E-state index contributed by atoms with van der Waals surface area (Å²) in [6.07, 6.45) is 0. The zero-order valence-electron chi connectivity index (χ0n) is 18.1. The van der Waals surface area contributed by atoms with Gasteiger partial charge in [-0.3, -0.25) is 0 Å². The second-order valence-corrected chi connectivity index (χ2v) is 8.55. The average Bonchev–Trinajstić information content (AvgIpc) is 2.88. The molecular formula is C27H19FN2O3S. The summed E-state index contributed by atoms with van der Waals surface area (Å²) in [5, 5.41) is 9.45. The fourth-order valence-corrected chi connectivity index (χ4v) is 4.76. The van der Waals surface area contributed by atoms with E-state index in [-0.39, 0.29) is 5.56 Å². The number of aromatic carboxylic acids is 1. The topological polar surface area (TPSA) is 61.8 Å². The second-order valence-electron chi connectivity index (χ2n) is 7.62. The van der Waals surface area contributed by atoms with Crippen LogP contribution in [0.5, 0.6) is 5.75 Å². The Labute approximate surface area is 200 Å². The van der Waals surface area contributed by atoms with Crippen molar-refractivity contribution in [1.82, 2.24) is 4.72 Å². The van der Waals surface area contributed by atoms with Crippen LogP contribution in [0.3, 0.4) is 0 Å². The van der Waals surface area contributed by atoms with Gasteiger partial charge in [0, 0.05) is 11.0 Å². The third-order valence-corrected chi connectivity index (χ3v) is 6.48. The molecule has 0 saturated heterocycles. The number of carbonyl (C=O) groups is 1. The first kappa shape index (κ1) is 21.8. The lowest BCUT2D eigenvalue weighted by Gasteiger charge is -2.32. The van der Waals surface area contributed by atoms with Gasteiger partial charge in [-0.05, 0) is 82.7 Å². The van der Waals surface area contributed by atoms with E-state index in [9.17, 15) is 14.3 Å². The number of methoxy groups -OCH3 is 1. The summed E-state index contributed by atoms with van der Waals surface area (Å²) in [7, 11) is 1.61. The Balaban J connectivity index is 1.73. The summed E-state index contributed by atoms with van der Waals surface area (Å²) in [6.45, 7) is 0.594. The highest BCUT2D eigenvalue weighted by Gasteiger charge is 2.23. The molecule has 0 spiro atoms. The number of carboxylic acid groups (broad SMARTS) is 1. The van der Waals surface area contributed by atoms with Crippen LogP contribution in [0.15, 0.2) is 77.7 Å². The van der Waals surface area contributed by atoms with Gasteiger partial charge in [0.15, 0.2) is 0 Å². The van der Waals surface area contributed by atoms with Gasteiger partial charge in [-0.15, -0.1) is 0 Å². The van der Waals surface area contributed by atoms with E-state index in [1.54, 1.807) is 13.2 Å². The zero-order valence-corrected chi connectivity index (χ0v) is 18.9. The molecule has 0 radical (unpaired) electrons.